The van der Waals surface area contributed by atoms with Gasteiger partial charge in [0.05, 0.1) is 16.7 Å². The van der Waals surface area contributed by atoms with Crippen molar-refractivity contribution in [3.05, 3.63) is 64.1 Å². The third-order valence-corrected chi connectivity index (χ3v) is 4.12. The van der Waals surface area contributed by atoms with Crippen LogP contribution in [0.3, 0.4) is 0 Å². The molecule has 1 unspecified atom stereocenters. The zero-order chi connectivity index (χ0) is 13.2. The molecule has 19 heavy (non-hydrogen) atoms. The standard InChI is InChI=1S/C16H16N2S/c1-11-18-15(10-19-11)16(17-2)14-8-7-12-5-3-4-6-13(12)9-14/h3-10,16-17H,1-2H3. The van der Waals surface area contributed by atoms with Crippen LogP contribution < -0.4 is 5.32 Å². The van der Waals surface area contributed by atoms with Gasteiger partial charge in [-0.2, -0.15) is 0 Å². The molecule has 0 spiro atoms. The predicted molar refractivity (Wildman–Crippen MR) is 81.7 cm³/mol. The number of hydrogen-bond acceptors (Lipinski definition) is 3. The Morgan fingerprint density at radius 2 is 1.89 bits per heavy atom. The molecule has 3 aromatic rings. The van der Waals surface area contributed by atoms with Gasteiger partial charge in [-0.05, 0) is 36.4 Å². The minimum absolute atomic E-state index is 0.162. The number of aromatic nitrogens is 1. The number of thiazole rings is 1. The summed E-state index contributed by atoms with van der Waals surface area (Å²) in [6, 6.07) is 15.2. The van der Waals surface area contributed by atoms with E-state index < -0.39 is 0 Å². The Labute approximate surface area is 117 Å². The number of rotatable bonds is 3. The quantitative estimate of drug-likeness (QED) is 0.779. The largest absolute Gasteiger partial charge is 0.308 e. The van der Waals surface area contributed by atoms with Crippen molar-refractivity contribution in [2.75, 3.05) is 7.05 Å². The Bertz CT molecular complexity index is 703. The predicted octanol–water partition coefficient (Wildman–Crippen LogP) is 3.91. The summed E-state index contributed by atoms with van der Waals surface area (Å²) < 4.78 is 0. The first-order chi connectivity index (χ1) is 9.28. The second kappa shape index (κ2) is 5.11. The summed E-state index contributed by atoms with van der Waals surface area (Å²) in [5.74, 6) is 0. The molecule has 1 N–H and O–H groups in total. The molecular weight excluding hydrogens is 252 g/mol. The van der Waals surface area contributed by atoms with Gasteiger partial charge in [0.25, 0.3) is 0 Å². The average molecular weight is 268 g/mol. The van der Waals surface area contributed by atoms with Gasteiger partial charge in [-0.25, -0.2) is 4.98 Å². The van der Waals surface area contributed by atoms with Crippen molar-refractivity contribution in [3.63, 3.8) is 0 Å². The molecule has 96 valence electrons. The highest BCUT2D eigenvalue weighted by atomic mass is 32.1. The van der Waals surface area contributed by atoms with Crippen LogP contribution in [0.4, 0.5) is 0 Å². The van der Waals surface area contributed by atoms with Crippen LogP contribution in [0.1, 0.15) is 22.3 Å². The third kappa shape index (κ3) is 2.39. The summed E-state index contributed by atoms with van der Waals surface area (Å²) in [5, 5.41) is 9.14. The SMILES string of the molecule is CNC(c1ccc2ccccc2c1)c1csc(C)n1. The van der Waals surface area contributed by atoms with Crippen LogP contribution in [0.5, 0.6) is 0 Å². The number of hydrogen-bond donors (Lipinski definition) is 1. The summed E-state index contributed by atoms with van der Waals surface area (Å²) in [7, 11) is 1.98. The molecule has 0 aliphatic heterocycles. The maximum absolute atomic E-state index is 4.59. The second-order valence-electron chi connectivity index (χ2n) is 4.62. The first-order valence-corrected chi connectivity index (χ1v) is 7.24. The van der Waals surface area contributed by atoms with Crippen LogP contribution in [0.2, 0.25) is 0 Å². The van der Waals surface area contributed by atoms with Gasteiger partial charge >= 0.3 is 0 Å². The van der Waals surface area contributed by atoms with Gasteiger partial charge in [-0.3, -0.25) is 0 Å². The molecule has 0 saturated heterocycles. The van der Waals surface area contributed by atoms with E-state index in [-0.39, 0.29) is 6.04 Å². The molecule has 0 amide bonds. The van der Waals surface area contributed by atoms with Crippen LogP contribution >= 0.6 is 11.3 Å². The molecule has 3 heteroatoms. The molecule has 0 radical (unpaired) electrons. The Morgan fingerprint density at radius 3 is 2.58 bits per heavy atom. The highest BCUT2D eigenvalue weighted by molar-refractivity contribution is 7.09. The lowest BCUT2D eigenvalue weighted by molar-refractivity contribution is 0.675. The molecule has 1 atom stereocenters. The topological polar surface area (TPSA) is 24.9 Å². The first kappa shape index (κ1) is 12.3. The van der Waals surface area contributed by atoms with E-state index in [2.05, 4.69) is 58.1 Å². The minimum Gasteiger partial charge on any atom is -0.308 e. The monoisotopic (exact) mass is 268 g/mol. The first-order valence-electron chi connectivity index (χ1n) is 6.36. The van der Waals surface area contributed by atoms with E-state index in [0.717, 1.165) is 10.7 Å². The van der Waals surface area contributed by atoms with E-state index in [0.29, 0.717) is 0 Å². The lowest BCUT2D eigenvalue weighted by Gasteiger charge is -2.15. The van der Waals surface area contributed by atoms with Gasteiger partial charge in [0.1, 0.15) is 0 Å². The minimum atomic E-state index is 0.162. The van der Waals surface area contributed by atoms with Gasteiger partial charge in [0.2, 0.25) is 0 Å². The van der Waals surface area contributed by atoms with E-state index >= 15 is 0 Å². The van der Waals surface area contributed by atoms with Gasteiger partial charge in [0, 0.05) is 5.38 Å². The van der Waals surface area contributed by atoms with Gasteiger partial charge in [-0.15, -0.1) is 11.3 Å². The van der Waals surface area contributed by atoms with Crippen LogP contribution in [0, 0.1) is 6.92 Å². The van der Waals surface area contributed by atoms with E-state index in [1.165, 1.54) is 16.3 Å². The number of benzene rings is 2. The molecular formula is C16H16N2S. The molecule has 0 aliphatic rings. The van der Waals surface area contributed by atoms with E-state index in [4.69, 9.17) is 0 Å². The van der Waals surface area contributed by atoms with Crippen molar-refractivity contribution >= 4 is 22.1 Å². The Morgan fingerprint density at radius 1 is 1.11 bits per heavy atom. The van der Waals surface area contributed by atoms with Crippen molar-refractivity contribution in [3.8, 4) is 0 Å². The van der Waals surface area contributed by atoms with Crippen LogP contribution in [-0.2, 0) is 0 Å². The molecule has 0 aliphatic carbocycles. The summed E-state index contributed by atoms with van der Waals surface area (Å²) >= 11 is 1.70. The Balaban J connectivity index is 2.06. The highest BCUT2D eigenvalue weighted by Crippen LogP contribution is 2.26. The number of nitrogens with one attached hydrogen (secondary N) is 1. The number of aryl methyl sites for hydroxylation is 1. The van der Waals surface area contributed by atoms with Gasteiger partial charge in [-0.1, -0.05) is 36.4 Å². The smallest absolute Gasteiger partial charge is 0.0898 e. The van der Waals surface area contributed by atoms with Crippen molar-refractivity contribution in [2.45, 2.75) is 13.0 Å². The van der Waals surface area contributed by atoms with Crippen molar-refractivity contribution in [2.24, 2.45) is 0 Å². The Hall–Kier alpha value is -1.71. The molecule has 0 fully saturated rings. The summed E-state index contributed by atoms with van der Waals surface area (Å²) in [6.07, 6.45) is 0. The van der Waals surface area contributed by atoms with Crippen LogP contribution in [-0.4, -0.2) is 12.0 Å². The summed E-state index contributed by atoms with van der Waals surface area (Å²) in [6.45, 7) is 2.04. The van der Waals surface area contributed by atoms with Crippen molar-refractivity contribution < 1.29 is 0 Å². The molecule has 1 heterocycles. The average Bonchev–Trinajstić information content (AvgIpc) is 2.86. The van der Waals surface area contributed by atoms with E-state index in [1.807, 2.05) is 14.0 Å². The lowest BCUT2D eigenvalue weighted by atomic mass is 10.0. The van der Waals surface area contributed by atoms with Crippen molar-refractivity contribution in [1.82, 2.24) is 10.3 Å². The van der Waals surface area contributed by atoms with Crippen LogP contribution in [0.15, 0.2) is 47.8 Å². The molecule has 0 bridgehead atoms. The summed E-state index contributed by atoms with van der Waals surface area (Å²) in [4.78, 5) is 4.59. The second-order valence-corrected chi connectivity index (χ2v) is 5.68. The zero-order valence-electron chi connectivity index (χ0n) is 11.1. The third-order valence-electron chi connectivity index (χ3n) is 3.33. The maximum atomic E-state index is 4.59. The normalized spacial score (nSPS) is 12.7. The summed E-state index contributed by atoms with van der Waals surface area (Å²) in [5.41, 5.74) is 2.35. The van der Waals surface area contributed by atoms with Gasteiger partial charge in [0.15, 0.2) is 0 Å². The molecule has 2 aromatic carbocycles. The molecule has 1 aromatic heterocycles. The van der Waals surface area contributed by atoms with Crippen molar-refractivity contribution in [1.29, 1.82) is 0 Å². The lowest BCUT2D eigenvalue weighted by Crippen LogP contribution is -2.17. The Kier molecular flexibility index (Phi) is 3.32. The number of fused-ring (bicyclic) bond motifs is 1. The van der Waals surface area contributed by atoms with Crippen LogP contribution in [0.25, 0.3) is 10.8 Å². The fourth-order valence-electron chi connectivity index (χ4n) is 2.39. The maximum Gasteiger partial charge on any atom is 0.0898 e. The zero-order valence-corrected chi connectivity index (χ0v) is 11.9. The number of nitrogens with zero attached hydrogens (tertiary/aromatic N) is 1. The fourth-order valence-corrected chi connectivity index (χ4v) is 3.02. The highest BCUT2D eigenvalue weighted by Gasteiger charge is 2.14. The molecule has 0 saturated carbocycles. The molecule has 3 rings (SSSR count). The van der Waals surface area contributed by atoms with Gasteiger partial charge < -0.3 is 5.32 Å². The van der Waals surface area contributed by atoms with E-state index in [1.54, 1.807) is 11.3 Å². The molecule has 2 nitrogen and oxygen atoms in total. The van der Waals surface area contributed by atoms with E-state index in [9.17, 15) is 0 Å². The fraction of sp³-hybridized carbons (Fsp3) is 0.188.